The first kappa shape index (κ1) is 13.5. The molecule has 0 bridgehead atoms. The minimum Gasteiger partial charge on any atom is -0.481 e. The molecule has 1 saturated carbocycles. The van der Waals surface area contributed by atoms with Gasteiger partial charge in [0.05, 0.1) is 16.4 Å². The Balaban J connectivity index is 2.32. The zero-order valence-electron chi connectivity index (χ0n) is 10.3. The molecule has 1 aliphatic carbocycles. The number of carboxylic acid groups (broad SMARTS) is 1. The van der Waals surface area contributed by atoms with Crippen molar-refractivity contribution < 1.29 is 19.2 Å². The van der Waals surface area contributed by atoms with Crippen molar-refractivity contribution in [3.8, 4) is 0 Å². The van der Waals surface area contributed by atoms with Gasteiger partial charge in [0.1, 0.15) is 5.82 Å². The van der Waals surface area contributed by atoms with Crippen molar-refractivity contribution >= 4 is 11.7 Å². The quantitative estimate of drug-likeness (QED) is 0.671. The van der Waals surface area contributed by atoms with E-state index >= 15 is 0 Å². The minimum absolute atomic E-state index is 0.140. The summed E-state index contributed by atoms with van der Waals surface area (Å²) >= 11 is 0. The number of hydrogen-bond donors (Lipinski definition) is 1. The largest absolute Gasteiger partial charge is 0.481 e. The van der Waals surface area contributed by atoms with E-state index in [9.17, 15) is 24.4 Å². The molecule has 0 radical (unpaired) electrons. The van der Waals surface area contributed by atoms with Gasteiger partial charge in [0.25, 0.3) is 5.69 Å². The number of nitro groups is 1. The normalized spacial score (nSPS) is 17.3. The van der Waals surface area contributed by atoms with Crippen LogP contribution in [0.25, 0.3) is 0 Å². The van der Waals surface area contributed by atoms with Gasteiger partial charge in [-0.2, -0.15) is 0 Å². The van der Waals surface area contributed by atoms with Crippen molar-refractivity contribution in [1.82, 2.24) is 0 Å². The number of rotatable bonds is 4. The van der Waals surface area contributed by atoms with Gasteiger partial charge in [-0.05, 0) is 30.9 Å². The first-order valence-electron chi connectivity index (χ1n) is 6.10. The Morgan fingerprint density at radius 2 is 2.00 bits per heavy atom. The fourth-order valence-electron chi connectivity index (χ4n) is 2.75. The number of benzene rings is 1. The second-order valence-electron chi connectivity index (χ2n) is 5.04. The van der Waals surface area contributed by atoms with Crippen LogP contribution in [0.4, 0.5) is 10.1 Å². The summed E-state index contributed by atoms with van der Waals surface area (Å²) in [5, 5.41) is 20.0. The van der Waals surface area contributed by atoms with E-state index in [-0.39, 0.29) is 12.1 Å². The summed E-state index contributed by atoms with van der Waals surface area (Å²) in [7, 11) is 0. The Kier molecular flexibility index (Phi) is 3.50. The van der Waals surface area contributed by atoms with E-state index in [1.165, 1.54) is 12.1 Å². The van der Waals surface area contributed by atoms with Gasteiger partial charge in [0.15, 0.2) is 0 Å². The Bertz CT molecular complexity index is 523. The van der Waals surface area contributed by atoms with Crippen molar-refractivity contribution in [3.05, 3.63) is 39.7 Å². The maximum Gasteiger partial charge on any atom is 0.309 e. The molecule has 1 aromatic carbocycles. The van der Waals surface area contributed by atoms with E-state index < -0.39 is 22.1 Å². The average Bonchev–Trinajstić information content (AvgIpc) is 2.78. The molecule has 1 fully saturated rings. The van der Waals surface area contributed by atoms with Crippen LogP contribution in [0.5, 0.6) is 0 Å². The molecule has 0 unspecified atom stereocenters. The molecule has 5 nitrogen and oxygen atoms in total. The Morgan fingerprint density at radius 3 is 2.53 bits per heavy atom. The minimum atomic E-state index is -0.906. The SMILES string of the molecule is O=C(O)C1(Cc2cc(F)cc([N+](=O)[O-])c2)CCCC1. The third kappa shape index (κ3) is 2.72. The Labute approximate surface area is 109 Å². The molecule has 0 aromatic heterocycles. The molecule has 1 N–H and O–H groups in total. The molecule has 6 heteroatoms. The number of non-ortho nitro benzene ring substituents is 1. The Hall–Kier alpha value is -1.98. The summed E-state index contributed by atoms with van der Waals surface area (Å²) in [6.45, 7) is 0. The highest BCUT2D eigenvalue weighted by Crippen LogP contribution is 2.41. The number of aliphatic carboxylic acids is 1. The monoisotopic (exact) mass is 267 g/mol. The van der Waals surface area contributed by atoms with Crippen LogP contribution in [0.15, 0.2) is 18.2 Å². The van der Waals surface area contributed by atoms with Gasteiger partial charge in [-0.25, -0.2) is 4.39 Å². The van der Waals surface area contributed by atoms with Crippen LogP contribution in [0.2, 0.25) is 0 Å². The molecule has 102 valence electrons. The Morgan fingerprint density at radius 1 is 1.37 bits per heavy atom. The lowest BCUT2D eigenvalue weighted by atomic mass is 9.80. The van der Waals surface area contributed by atoms with E-state index in [1.807, 2.05) is 0 Å². The number of nitrogens with zero attached hydrogens (tertiary/aromatic N) is 1. The number of halogens is 1. The molecular formula is C13H14FNO4. The second kappa shape index (κ2) is 4.95. The summed E-state index contributed by atoms with van der Waals surface area (Å²) < 4.78 is 13.3. The molecule has 0 amide bonds. The summed E-state index contributed by atoms with van der Waals surface area (Å²) in [6.07, 6.45) is 2.85. The second-order valence-corrected chi connectivity index (χ2v) is 5.04. The fraction of sp³-hybridized carbons (Fsp3) is 0.462. The maximum atomic E-state index is 13.3. The van der Waals surface area contributed by atoms with Crippen LogP contribution >= 0.6 is 0 Å². The fourth-order valence-corrected chi connectivity index (χ4v) is 2.75. The van der Waals surface area contributed by atoms with Crippen molar-refractivity contribution in [2.45, 2.75) is 32.1 Å². The van der Waals surface area contributed by atoms with Gasteiger partial charge in [-0.3, -0.25) is 14.9 Å². The van der Waals surface area contributed by atoms with Crippen molar-refractivity contribution in [3.63, 3.8) is 0 Å². The molecule has 0 aliphatic heterocycles. The lowest BCUT2D eigenvalue weighted by Crippen LogP contribution is -2.30. The standard InChI is InChI=1S/C13H14FNO4/c14-10-5-9(6-11(7-10)15(18)19)8-13(12(16)17)3-1-2-4-13/h5-7H,1-4,8H2,(H,16,17). The van der Waals surface area contributed by atoms with E-state index in [0.717, 1.165) is 18.9 Å². The van der Waals surface area contributed by atoms with E-state index in [4.69, 9.17) is 0 Å². The number of hydrogen-bond acceptors (Lipinski definition) is 3. The summed E-state index contributed by atoms with van der Waals surface area (Å²) in [4.78, 5) is 21.4. The predicted molar refractivity (Wildman–Crippen MR) is 65.3 cm³/mol. The molecule has 19 heavy (non-hydrogen) atoms. The summed E-state index contributed by atoms with van der Waals surface area (Å²) in [5.41, 5.74) is -0.869. The van der Waals surface area contributed by atoms with E-state index in [0.29, 0.717) is 18.4 Å². The van der Waals surface area contributed by atoms with Gasteiger partial charge < -0.3 is 5.11 Å². The lowest BCUT2D eigenvalue weighted by molar-refractivity contribution is -0.385. The van der Waals surface area contributed by atoms with Crippen LogP contribution < -0.4 is 0 Å². The zero-order valence-corrected chi connectivity index (χ0v) is 10.3. The number of carbonyl (C=O) groups is 1. The highest BCUT2D eigenvalue weighted by Gasteiger charge is 2.41. The van der Waals surface area contributed by atoms with Gasteiger partial charge in [-0.15, -0.1) is 0 Å². The molecule has 2 rings (SSSR count). The van der Waals surface area contributed by atoms with Crippen molar-refractivity contribution in [2.75, 3.05) is 0 Å². The van der Waals surface area contributed by atoms with E-state index in [1.54, 1.807) is 0 Å². The summed E-state index contributed by atoms with van der Waals surface area (Å²) in [5.74, 6) is -1.61. The van der Waals surface area contributed by atoms with Crippen LogP contribution in [0, 0.1) is 21.3 Å². The topological polar surface area (TPSA) is 80.4 Å². The highest BCUT2D eigenvalue weighted by molar-refractivity contribution is 5.75. The van der Waals surface area contributed by atoms with Crippen molar-refractivity contribution in [1.29, 1.82) is 0 Å². The molecule has 0 spiro atoms. The highest BCUT2D eigenvalue weighted by atomic mass is 19.1. The number of carboxylic acids is 1. The van der Waals surface area contributed by atoms with Gasteiger partial charge in [0, 0.05) is 6.07 Å². The third-order valence-corrected chi connectivity index (χ3v) is 3.71. The average molecular weight is 267 g/mol. The molecule has 1 aromatic rings. The van der Waals surface area contributed by atoms with Gasteiger partial charge >= 0.3 is 5.97 Å². The first-order valence-corrected chi connectivity index (χ1v) is 6.10. The molecule has 0 heterocycles. The van der Waals surface area contributed by atoms with Crippen molar-refractivity contribution in [2.24, 2.45) is 5.41 Å². The zero-order chi connectivity index (χ0) is 14.0. The lowest BCUT2D eigenvalue weighted by Gasteiger charge is -2.23. The van der Waals surface area contributed by atoms with Crippen LogP contribution in [-0.4, -0.2) is 16.0 Å². The van der Waals surface area contributed by atoms with Gasteiger partial charge in [0.2, 0.25) is 0 Å². The smallest absolute Gasteiger partial charge is 0.309 e. The van der Waals surface area contributed by atoms with Crippen LogP contribution in [0.3, 0.4) is 0 Å². The molecule has 0 atom stereocenters. The molecule has 0 saturated heterocycles. The van der Waals surface area contributed by atoms with E-state index in [2.05, 4.69) is 0 Å². The third-order valence-electron chi connectivity index (χ3n) is 3.71. The first-order chi connectivity index (χ1) is 8.93. The molecule has 1 aliphatic rings. The maximum absolute atomic E-state index is 13.3. The molecular weight excluding hydrogens is 253 g/mol. The van der Waals surface area contributed by atoms with Crippen LogP contribution in [-0.2, 0) is 11.2 Å². The van der Waals surface area contributed by atoms with Crippen LogP contribution in [0.1, 0.15) is 31.2 Å². The predicted octanol–water partition coefficient (Wildman–Crippen LogP) is 2.92. The summed E-state index contributed by atoms with van der Waals surface area (Å²) in [6, 6.07) is 3.27. The van der Waals surface area contributed by atoms with Gasteiger partial charge in [-0.1, -0.05) is 12.8 Å². The number of nitro benzene ring substituents is 1.